The Hall–Kier alpha value is -3.81. The van der Waals surface area contributed by atoms with Crippen molar-refractivity contribution in [3.8, 4) is 11.5 Å². The number of Topliss-reactive ketones (excluding diaryl/α,β-unsaturated/α-hetero) is 1. The molecule has 2 aromatic rings. The third-order valence-electron chi connectivity index (χ3n) is 4.89. The highest BCUT2D eigenvalue weighted by atomic mass is 16.5. The van der Waals surface area contributed by atoms with E-state index in [1.807, 2.05) is 0 Å². The van der Waals surface area contributed by atoms with E-state index >= 15 is 0 Å². The molecule has 30 heavy (non-hydrogen) atoms. The first-order valence-electron chi connectivity index (χ1n) is 9.16. The van der Waals surface area contributed by atoms with Crippen molar-refractivity contribution in [2.45, 2.75) is 12.5 Å². The molecule has 1 atom stereocenters. The standard InChI is InChI=1S/C22H21NO7/c1-29-14-8-9-15(16(12-14)30-2)19-18(20(26)13-6-4-3-5-7-13)21(27)22(28)23(19)11-10-17(24)25/h3-9,12,19,26H,10-11H2,1-2H3,(H,24,25)/b20-18-/t19-/m0/s1. The first kappa shape index (κ1) is 20.9. The second-order valence-electron chi connectivity index (χ2n) is 6.61. The van der Waals surface area contributed by atoms with E-state index in [1.165, 1.54) is 14.2 Å². The average Bonchev–Trinajstić information content (AvgIpc) is 3.01. The van der Waals surface area contributed by atoms with Crippen LogP contribution in [-0.4, -0.2) is 53.5 Å². The molecule has 3 rings (SSSR count). The molecule has 0 aliphatic carbocycles. The van der Waals surface area contributed by atoms with E-state index in [2.05, 4.69) is 0 Å². The summed E-state index contributed by atoms with van der Waals surface area (Å²) in [5.74, 6) is -2.38. The molecule has 1 aliphatic heterocycles. The zero-order valence-electron chi connectivity index (χ0n) is 16.5. The van der Waals surface area contributed by atoms with Crippen LogP contribution in [0.1, 0.15) is 23.6 Å². The van der Waals surface area contributed by atoms with Crippen LogP contribution in [0.4, 0.5) is 0 Å². The summed E-state index contributed by atoms with van der Waals surface area (Å²) in [6.45, 7) is -0.203. The number of amides is 1. The number of nitrogens with zero attached hydrogens (tertiary/aromatic N) is 1. The summed E-state index contributed by atoms with van der Waals surface area (Å²) in [5.41, 5.74) is 0.673. The topological polar surface area (TPSA) is 113 Å². The molecule has 8 heteroatoms. The van der Waals surface area contributed by atoms with E-state index in [0.29, 0.717) is 22.6 Å². The fraction of sp³-hybridized carbons (Fsp3) is 0.227. The number of likely N-dealkylation sites (tertiary alicyclic amines) is 1. The molecule has 0 aromatic heterocycles. The lowest BCUT2D eigenvalue weighted by atomic mass is 9.94. The maximum Gasteiger partial charge on any atom is 0.305 e. The highest BCUT2D eigenvalue weighted by molar-refractivity contribution is 6.46. The summed E-state index contributed by atoms with van der Waals surface area (Å²) in [6, 6.07) is 12.2. The minimum Gasteiger partial charge on any atom is -0.507 e. The number of benzene rings is 2. The predicted molar refractivity (Wildman–Crippen MR) is 107 cm³/mol. The van der Waals surface area contributed by atoms with E-state index in [-0.39, 0.29) is 24.3 Å². The number of ether oxygens (including phenoxy) is 2. The van der Waals surface area contributed by atoms with Crippen molar-refractivity contribution in [2.75, 3.05) is 20.8 Å². The second kappa shape index (κ2) is 8.69. The SMILES string of the molecule is COc1ccc([C@H]2/C(=C(/O)c3ccccc3)C(=O)C(=O)N2CCC(=O)O)c(OC)c1. The van der Waals surface area contributed by atoms with Gasteiger partial charge in [0.25, 0.3) is 11.7 Å². The molecule has 1 saturated heterocycles. The summed E-state index contributed by atoms with van der Waals surface area (Å²) in [5, 5.41) is 20.0. The number of aliphatic carboxylic acids is 1. The number of methoxy groups -OCH3 is 2. The maximum atomic E-state index is 12.9. The highest BCUT2D eigenvalue weighted by Crippen LogP contribution is 2.43. The molecular weight excluding hydrogens is 390 g/mol. The summed E-state index contributed by atoms with van der Waals surface area (Å²) in [4.78, 5) is 37.9. The predicted octanol–water partition coefficient (Wildman–Crippen LogP) is 2.60. The molecule has 8 nitrogen and oxygen atoms in total. The van der Waals surface area contributed by atoms with Gasteiger partial charge >= 0.3 is 5.97 Å². The van der Waals surface area contributed by atoms with Gasteiger partial charge < -0.3 is 24.6 Å². The number of aliphatic hydroxyl groups excluding tert-OH is 1. The molecule has 156 valence electrons. The number of hydrogen-bond acceptors (Lipinski definition) is 6. The van der Waals surface area contributed by atoms with E-state index < -0.39 is 23.7 Å². The van der Waals surface area contributed by atoms with Crippen LogP contribution >= 0.6 is 0 Å². The van der Waals surface area contributed by atoms with Gasteiger partial charge in [-0.25, -0.2) is 0 Å². The van der Waals surface area contributed by atoms with Gasteiger partial charge in [-0.15, -0.1) is 0 Å². The van der Waals surface area contributed by atoms with Gasteiger partial charge in [-0.3, -0.25) is 14.4 Å². The lowest BCUT2D eigenvalue weighted by Crippen LogP contribution is -2.32. The van der Waals surface area contributed by atoms with Gasteiger partial charge in [-0.05, 0) is 12.1 Å². The van der Waals surface area contributed by atoms with Gasteiger partial charge in [0.2, 0.25) is 0 Å². The quantitative estimate of drug-likeness (QED) is 0.409. The lowest BCUT2D eigenvalue weighted by Gasteiger charge is -2.26. The Kier molecular flexibility index (Phi) is 6.06. The third-order valence-corrected chi connectivity index (χ3v) is 4.89. The first-order chi connectivity index (χ1) is 14.4. The summed E-state index contributed by atoms with van der Waals surface area (Å²) in [7, 11) is 2.92. The number of aliphatic hydroxyl groups is 1. The Morgan fingerprint density at radius 3 is 2.33 bits per heavy atom. The molecule has 0 radical (unpaired) electrons. The largest absolute Gasteiger partial charge is 0.507 e. The Bertz CT molecular complexity index is 1010. The van der Waals surface area contributed by atoms with Gasteiger partial charge in [-0.2, -0.15) is 0 Å². The van der Waals surface area contributed by atoms with Crippen LogP contribution < -0.4 is 9.47 Å². The second-order valence-corrected chi connectivity index (χ2v) is 6.61. The zero-order chi connectivity index (χ0) is 21.8. The number of carboxylic acids is 1. The van der Waals surface area contributed by atoms with Gasteiger partial charge in [0, 0.05) is 23.7 Å². The monoisotopic (exact) mass is 411 g/mol. The fourth-order valence-corrected chi connectivity index (χ4v) is 3.45. The van der Waals surface area contributed by atoms with E-state index in [9.17, 15) is 19.5 Å². The normalized spacial score (nSPS) is 17.8. The van der Waals surface area contributed by atoms with Crippen molar-refractivity contribution in [3.05, 3.63) is 65.2 Å². The smallest absolute Gasteiger partial charge is 0.305 e. The summed E-state index contributed by atoms with van der Waals surface area (Å²) < 4.78 is 10.6. The number of carbonyl (C=O) groups is 3. The molecule has 1 amide bonds. The minimum atomic E-state index is -1.11. The number of carbonyl (C=O) groups excluding carboxylic acids is 2. The first-order valence-corrected chi connectivity index (χ1v) is 9.16. The zero-order valence-corrected chi connectivity index (χ0v) is 16.5. The Labute approximate surface area is 173 Å². The molecule has 1 aliphatic rings. The lowest BCUT2D eigenvalue weighted by molar-refractivity contribution is -0.142. The van der Waals surface area contributed by atoms with Gasteiger partial charge in [0.15, 0.2) is 0 Å². The van der Waals surface area contributed by atoms with Gasteiger partial charge in [0.05, 0.1) is 32.3 Å². The summed E-state index contributed by atoms with van der Waals surface area (Å²) >= 11 is 0. The average molecular weight is 411 g/mol. The Morgan fingerprint density at radius 1 is 1.03 bits per heavy atom. The number of hydrogen-bond donors (Lipinski definition) is 2. The van der Waals surface area contributed by atoms with Crippen molar-refractivity contribution in [1.29, 1.82) is 0 Å². The molecule has 1 fully saturated rings. The molecule has 0 bridgehead atoms. The van der Waals surface area contributed by atoms with Crippen LogP contribution in [0.25, 0.3) is 5.76 Å². The van der Waals surface area contributed by atoms with Gasteiger partial charge in [-0.1, -0.05) is 30.3 Å². The van der Waals surface area contributed by atoms with Crippen LogP contribution in [0.5, 0.6) is 11.5 Å². The molecule has 2 aromatic carbocycles. The van der Waals surface area contributed by atoms with Crippen molar-refractivity contribution in [1.82, 2.24) is 4.90 Å². The molecule has 0 unspecified atom stereocenters. The van der Waals surface area contributed by atoms with Crippen molar-refractivity contribution in [3.63, 3.8) is 0 Å². The van der Waals surface area contributed by atoms with Crippen LogP contribution in [0.15, 0.2) is 54.1 Å². The number of carboxylic acid groups (broad SMARTS) is 1. The minimum absolute atomic E-state index is 0.125. The highest BCUT2D eigenvalue weighted by Gasteiger charge is 2.47. The van der Waals surface area contributed by atoms with Crippen LogP contribution in [0.3, 0.4) is 0 Å². The third kappa shape index (κ3) is 3.84. The molecular formula is C22H21NO7. The Balaban J connectivity index is 2.21. The van der Waals surface area contributed by atoms with Crippen LogP contribution in [0, 0.1) is 0 Å². The molecule has 1 heterocycles. The van der Waals surface area contributed by atoms with E-state index in [0.717, 1.165) is 4.90 Å². The molecule has 0 spiro atoms. The molecule has 2 N–H and O–H groups in total. The van der Waals surface area contributed by atoms with E-state index in [1.54, 1.807) is 48.5 Å². The van der Waals surface area contributed by atoms with E-state index in [4.69, 9.17) is 14.6 Å². The Morgan fingerprint density at radius 2 is 1.73 bits per heavy atom. The fourth-order valence-electron chi connectivity index (χ4n) is 3.45. The number of ketones is 1. The van der Waals surface area contributed by atoms with Crippen molar-refractivity contribution >= 4 is 23.4 Å². The summed E-state index contributed by atoms with van der Waals surface area (Å²) in [6.07, 6.45) is -0.354. The van der Waals surface area contributed by atoms with Crippen molar-refractivity contribution in [2.24, 2.45) is 0 Å². The van der Waals surface area contributed by atoms with Crippen LogP contribution in [-0.2, 0) is 14.4 Å². The maximum absolute atomic E-state index is 12.9. The number of rotatable bonds is 7. The van der Waals surface area contributed by atoms with Gasteiger partial charge in [0.1, 0.15) is 17.3 Å². The molecule has 0 saturated carbocycles. The van der Waals surface area contributed by atoms with Crippen LogP contribution in [0.2, 0.25) is 0 Å². The van der Waals surface area contributed by atoms with Crippen molar-refractivity contribution < 1.29 is 34.1 Å².